The zero-order chi connectivity index (χ0) is 20.7. The van der Waals surface area contributed by atoms with E-state index < -0.39 is 42.3 Å². The summed E-state index contributed by atoms with van der Waals surface area (Å²) >= 11 is 0. The third-order valence-corrected chi connectivity index (χ3v) is 4.31. The Morgan fingerprint density at radius 3 is 2.22 bits per heavy atom. The first-order valence-corrected chi connectivity index (χ1v) is 8.55. The first-order valence-electron chi connectivity index (χ1n) is 8.55. The van der Waals surface area contributed by atoms with E-state index in [0.717, 1.165) is 13.5 Å². The zero-order valence-corrected chi connectivity index (χ0v) is 16.5. The smallest absolute Gasteiger partial charge is 0.336 e. The molecule has 27 heavy (non-hydrogen) atoms. The number of hydrogen-bond acceptors (Lipinski definition) is 8. The number of esters is 3. The van der Waals surface area contributed by atoms with Gasteiger partial charge in [-0.3, -0.25) is 19.4 Å². The van der Waals surface area contributed by atoms with Gasteiger partial charge in [0.05, 0.1) is 19.8 Å². The molecule has 1 aliphatic rings. The summed E-state index contributed by atoms with van der Waals surface area (Å²) in [5.74, 6) is -5.37. The zero-order valence-electron chi connectivity index (χ0n) is 16.5. The molecule has 0 aromatic rings. The molecule has 0 aromatic carbocycles. The lowest BCUT2D eigenvalue weighted by molar-refractivity contribution is -0.158. The van der Waals surface area contributed by atoms with E-state index in [-0.39, 0.29) is 17.3 Å². The van der Waals surface area contributed by atoms with Crippen molar-refractivity contribution in [2.75, 3.05) is 20.8 Å². The van der Waals surface area contributed by atoms with Crippen LogP contribution in [0.4, 0.5) is 0 Å². The molecule has 0 fully saturated rings. The first-order chi connectivity index (χ1) is 12.7. The van der Waals surface area contributed by atoms with Gasteiger partial charge in [-0.25, -0.2) is 4.79 Å². The fourth-order valence-corrected chi connectivity index (χ4v) is 2.74. The molecule has 0 saturated heterocycles. The van der Waals surface area contributed by atoms with E-state index in [1.54, 1.807) is 6.92 Å². The standard InChI is InChI=1S/C18H26N2O7/c1-7-9(2)19-12(21)8-27-18(24)15-13(16(22)25-5)10(3)20-11(4)14(15)17(23)26-6/h9,13,15H,7-8H2,1-6H3,(H,19,21)/t9-,13?,15-/m0/s1. The quantitative estimate of drug-likeness (QED) is 0.510. The van der Waals surface area contributed by atoms with Crippen molar-refractivity contribution in [2.45, 2.75) is 40.2 Å². The molecule has 0 aliphatic carbocycles. The van der Waals surface area contributed by atoms with E-state index in [0.29, 0.717) is 5.71 Å². The number of rotatable bonds is 7. The van der Waals surface area contributed by atoms with Gasteiger partial charge in [0, 0.05) is 17.5 Å². The minimum atomic E-state index is -1.31. The fraction of sp³-hybridized carbons (Fsp3) is 0.611. The number of carbonyl (C=O) groups is 4. The van der Waals surface area contributed by atoms with Gasteiger partial charge in [0.1, 0.15) is 11.8 Å². The van der Waals surface area contributed by atoms with Crippen LogP contribution in [0.25, 0.3) is 0 Å². The topological polar surface area (TPSA) is 120 Å². The average molecular weight is 382 g/mol. The second-order valence-corrected chi connectivity index (χ2v) is 6.21. The summed E-state index contributed by atoms with van der Waals surface area (Å²) in [6, 6.07) is -0.0733. The summed E-state index contributed by atoms with van der Waals surface area (Å²) in [4.78, 5) is 53.1. The van der Waals surface area contributed by atoms with Crippen LogP contribution in [0, 0.1) is 11.8 Å². The summed E-state index contributed by atoms with van der Waals surface area (Å²) in [7, 11) is 2.32. The number of aliphatic imine (C=N–C) groups is 1. The van der Waals surface area contributed by atoms with Crippen LogP contribution in [-0.4, -0.2) is 56.4 Å². The van der Waals surface area contributed by atoms with Gasteiger partial charge >= 0.3 is 17.9 Å². The molecule has 1 amide bonds. The van der Waals surface area contributed by atoms with Crippen molar-refractivity contribution >= 4 is 29.5 Å². The molecule has 3 atom stereocenters. The molecule has 1 aliphatic heterocycles. The Morgan fingerprint density at radius 1 is 1.07 bits per heavy atom. The number of amides is 1. The lowest BCUT2D eigenvalue weighted by Crippen LogP contribution is -2.43. The molecule has 0 spiro atoms. The SMILES string of the molecule is CC[C@H](C)NC(=O)COC(=O)[C@@H]1C(C(=O)OC)=C(C)N=C(C)C1C(=O)OC. The van der Waals surface area contributed by atoms with Gasteiger partial charge in [-0.2, -0.15) is 0 Å². The predicted molar refractivity (Wildman–Crippen MR) is 95.7 cm³/mol. The highest BCUT2D eigenvalue weighted by molar-refractivity contribution is 6.10. The van der Waals surface area contributed by atoms with Gasteiger partial charge in [-0.05, 0) is 27.2 Å². The molecule has 0 radical (unpaired) electrons. The second kappa shape index (κ2) is 9.84. The van der Waals surface area contributed by atoms with Crippen LogP contribution in [0.2, 0.25) is 0 Å². The van der Waals surface area contributed by atoms with Crippen molar-refractivity contribution in [3.63, 3.8) is 0 Å². The molecule has 1 heterocycles. The van der Waals surface area contributed by atoms with Gasteiger partial charge in [-0.15, -0.1) is 0 Å². The van der Waals surface area contributed by atoms with Crippen LogP contribution in [-0.2, 0) is 33.4 Å². The van der Waals surface area contributed by atoms with Crippen molar-refractivity contribution < 1.29 is 33.4 Å². The minimum Gasteiger partial charge on any atom is -0.468 e. The maximum atomic E-state index is 12.7. The normalized spacial score (nSPS) is 20.3. The van der Waals surface area contributed by atoms with Crippen LogP contribution in [0.3, 0.4) is 0 Å². The highest BCUT2D eigenvalue weighted by Crippen LogP contribution is 2.33. The maximum Gasteiger partial charge on any atom is 0.336 e. The van der Waals surface area contributed by atoms with Crippen LogP contribution in [0.1, 0.15) is 34.1 Å². The predicted octanol–water partition coefficient (Wildman–Crippen LogP) is 0.771. The molecule has 1 rings (SSSR count). The number of nitrogens with zero attached hydrogens (tertiary/aromatic N) is 1. The molecule has 9 nitrogen and oxygen atoms in total. The van der Waals surface area contributed by atoms with Crippen LogP contribution in [0.15, 0.2) is 16.3 Å². The molecule has 1 N–H and O–H groups in total. The van der Waals surface area contributed by atoms with Gasteiger partial charge in [0.2, 0.25) is 0 Å². The molecule has 1 unspecified atom stereocenters. The largest absolute Gasteiger partial charge is 0.468 e. The summed E-state index contributed by atoms with van der Waals surface area (Å²) in [5, 5.41) is 2.66. The van der Waals surface area contributed by atoms with Crippen molar-refractivity contribution in [3.8, 4) is 0 Å². The third kappa shape index (κ3) is 5.38. The molecule has 0 aromatic heterocycles. The monoisotopic (exact) mass is 382 g/mol. The minimum absolute atomic E-state index is 0.0733. The first kappa shape index (κ1) is 22.3. The summed E-state index contributed by atoms with van der Waals surface area (Å²) in [6.45, 7) is 6.26. The number of carbonyl (C=O) groups excluding carboxylic acids is 4. The van der Waals surface area contributed by atoms with Gasteiger partial charge in [0.15, 0.2) is 6.61 Å². The summed E-state index contributed by atoms with van der Waals surface area (Å²) in [5.41, 5.74) is 0.453. The van der Waals surface area contributed by atoms with Crippen molar-refractivity contribution in [2.24, 2.45) is 16.8 Å². The van der Waals surface area contributed by atoms with Gasteiger partial charge in [-0.1, -0.05) is 6.92 Å². The van der Waals surface area contributed by atoms with Crippen LogP contribution in [0.5, 0.6) is 0 Å². The Bertz CT molecular complexity index is 681. The number of ether oxygens (including phenoxy) is 3. The number of nitrogens with one attached hydrogen (secondary N) is 1. The van der Waals surface area contributed by atoms with E-state index in [4.69, 9.17) is 14.2 Å². The van der Waals surface area contributed by atoms with Crippen molar-refractivity contribution in [3.05, 3.63) is 11.3 Å². The molecule has 0 saturated carbocycles. The van der Waals surface area contributed by atoms with Gasteiger partial charge < -0.3 is 19.5 Å². The second-order valence-electron chi connectivity index (χ2n) is 6.21. The Morgan fingerprint density at radius 2 is 1.70 bits per heavy atom. The summed E-state index contributed by atoms with van der Waals surface area (Å²) < 4.78 is 14.6. The van der Waals surface area contributed by atoms with E-state index in [1.807, 2.05) is 13.8 Å². The molecule has 0 bridgehead atoms. The molecular weight excluding hydrogens is 356 g/mol. The Balaban J connectivity index is 3.13. The highest BCUT2D eigenvalue weighted by Gasteiger charge is 2.46. The number of allylic oxidation sites excluding steroid dienone is 1. The van der Waals surface area contributed by atoms with Gasteiger partial charge in [0.25, 0.3) is 5.91 Å². The lowest BCUT2D eigenvalue weighted by atomic mass is 9.80. The number of methoxy groups -OCH3 is 2. The van der Waals surface area contributed by atoms with Crippen LogP contribution >= 0.6 is 0 Å². The molecule has 9 heteroatoms. The Kier molecular flexibility index (Phi) is 8.14. The number of hydrogen-bond donors (Lipinski definition) is 1. The van der Waals surface area contributed by atoms with E-state index in [2.05, 4.69) is 10.3 Å². The van der Waals surface area contributed by atoms with E-state index >= 15 is 0 Å². The molecular formula is C18H26N2O7. The van der Waals surface area contributed by atoms with Crippen molar-refractivity contribution in [1.82, 2.24) is 5.32 Å². The maximum absolute atomic E-state index is 12.7. The van der Waals surface area contributed by atoms with E-state index in [9.17, 15) is 19.2 Å². The summed E-state index contributed by atoms with van der Waals surface area (Å²) in [6.07, 6.45) is 0.719. The Hall–Kier alpha value is -2.71. The van der Waals surface area contributed by atoms with Crippen LogP contribution < -0.4 is 5.32 Å². The lowest BCUT2D eigenvalue weighted by Gasteiger charge is -2.29. The molecule has 150 valence electrons. The van der Waals surface area contributed by atoms with Crippen molar-refractivity contribution in [1.29, 1.82) is 0 Å². The fourth-order valence-electron chi connectivity index (χ4n) is 2.74. The third-order valence-electron chi connectivity index (χ3n) is 4.31. The van der Waals surface area contributed by atoms with E-state index in [1.165, 1.54) is 14.0 Å². The Labute approximate surface area is 158 Å². The average Bonchev–Trinajstić information content (AvgIpc) is 2.64. The highest BCUT2D eigenvalue weighted by atomic mass is 16.5.